The van der Waals surface area contributed by atoms with E-state index in [1.165, 1.54) is 5.39 Å². The van der Waals surface area contributed by atoms with Crippen molar-refractivity contribution < 1.29 is 14.7 Å². The van der Waals surface area contributed by atoms with Gasteiger partial charge in [0, 0.05) is 50.9 Å². The molecule has 1 aliphatic heterocycles. The largest absolute Gasteiger partial charge is 0.396 e. The molecule has 2 heterocycles. The van der Waals surface area contributed by atoms with Crippen molar-refractivity contribution in [3.05, 3.63) is 36.0 Å². The van der Waals surface area contributed by atoms with Gasteiger partial charge in [0.2, 0.25) is 11.8 Å². The molecular weight excluding hydrogens is 344 g/mol. The van der Waals surface area contributed by atoms with Gasteiger partial charge in [0.05, 0.1) is 12.6 Å². The second kappa shape index (κ2) is 8.54. The number of amides is 2. The van der Waals surface area contributed by atoms with Crippen LogP contribution in [0.15, 0.2) is 30.5 Å². The predicted octanol–water partition coefficient (Wildman–Crippen LogP) is 0.756. The Morgan fingerprint density at radius 3 is 2.85 bits per heavy atom. The number of aliphatic hydroxyl groups is 1. The fraction of sp³-hybridized carbons (Fsp3) is 0.500. The molecule has 1 saturated heterocycles. The van der Waals surface area contributed by atoms with Gasteiger partial charge in [0.15, 0.2) is 0 Å². The molecule has 0 spiro atoms. The first kappa shape index (κ1) is 19.4. The summed E-state index contributed by atoms with van der Waals surface area (Å²) in [6.07, 6.45) is 2.70. The number of nitrogens with one attached hydrogen (secondary N) is 2. The zero-order valence-electron chi connectivity index (χ0n) is 15.9. The Hall–Kier alpha value is -2.38. The van der Waals surface area contributed by atoms with Crippen molar-refractivity contribution in [1.29, 1.82) is 0 Å². The number of benzene rings is 1. The van der Waals surface area contributed by atoms with Crippen LogP contribution in [0.4, 0.5) is 0 Å². The number of rotatable bonds is 7. The number of hydrogen-bond donors (Lipinski definition) is 3. The first-order chi connectivity index (χ1) is 13.0. The first-order valence-corrected chi connectivity index (χ1v) is 9.47. The van der Waals surface area contributed by atoms with E-state index in [0.717, 1.165) is 11.1 Å². The van der Waals surface area contributed by atoms with Crippen molar-refractivity contribution >= 4 is 22.7 Å². The molecule has 2 atom stereocenters. The zero-order chi connectivity index (χ0) is 19.4. The molecule has 1 fully saturated rings. The minimum Gasteiger partial charge on any atom is -0.396 e. The molecule has 7 nitrogen and oxygen atoms in total. The summed E-state index contributed by atoms with van der Waals surface area (Å²) in [5.41, 5.74) is 2.30. The van der Waals surface area contributed by atoms with E-state index in [0.29, 0.717) is 26.1 Å². The summed E-state index contributed by atoms with van der Waals surface area (Å²) in [6, 6.07) is 8.07. The molecular formula is C20H28N4O3. The summed E-state index contributed by atoms with van der Waals surface area (Å²) < 4.78 is 2.09. The molecule has 1 aliphatic rings. The summed E-state index contributed by atoms with van der Waals surface area (Å²) >= 11 is 0. The molecule has 0 aliphatic carbocycles. The number of nitrogens with zero attached hydrogens (tertiary/aromatic N) is 2. The van der Waals surface area contributed by atoms with Crippen molar-refractivity contribution in [3.63, 3.8) is 0 Å². The monoisotopic (exact) mass is 372 g/mol. The highest BCUT2D eigenvalue weighted by atomic mass is 16.3. The van der Waals surface area contributed by atoms with E-state index in [4.69, 9.17) is 5.11 Å². The third-order valence-electron chi connectivity index (χ3n) is 5.10. The molecule has 3 N–H and O–H groups in total. The molecule has 3 rings (SSSR count). The lowest BCUT2D eigenvalue weighted by molar-refractivity contribution is -0.126. The minimum absolute atomic E-state index is 0.00338. The number of aliphatic hydroxyl groups excluding tert-OH is 1. The van der Waals surface area contributed by atoms with E-state index in [1.54, 1.807) is 0 Å². The highest BCUT2D eigenvalue weighted by molar-refractivity contribution is 5.83. The number of aryl methyl sites for hydroxylation is 1. The Kier molecular flexibility index (Phi) is 6.13. The lowest BCUT2D eigenvalue weighted by Gasteiger charge is -2.23. The molecule has 0 saturated carbocycles. The SMILES string of the molecule is CCNC(=O)C1CC(NC(=O)CCO)CN1Cc1ccc2ccn(C)c2c1. The fourth-order valence-electron chi connectivity index (χ4n) is 3.79. The lowest BCUT2D eigenvalue weighted by atomic mass is 10.1. The van der Waals surface area contributed by atoms with Crippen LogP contribution in [0.1, 0.15) is 25.3 Å². The number of fused-ring (bicyclic) bond motifs is 1. The van der Waals surface area contributed by atoms with Gasteiger partial charge >= 0.3 is 0 Å². The quantitative estimate of drug-likeness (QED) is 0.670. The van der Waals surface area contributed by atoms with Crippen LogP contribution in [0, 0.1) is 0 Å². The van der Waals surface area contributed by atoms with Gasteiger partial charge in [0.25, 0.3) is 0 Å². The van der Waals surface area contributed by atoms with Gasteiger partial charge in [-0.2, -0.15) is 0 Å². The first-order valence-electron chi connectivity index (χ1n) is 9.47. The molecule has 0 bridgehead atoms. The van der Waals surface area contributed by atoms with E-state index in [9.17, 15) is 9.59 Å². The Morgan fingerprint density at radius 1 is 1.30 bits per heavy atom. The third kappa shape index (κ3) is 4.48. The Morgan fingerprint density at radius 2 is 2.11 bits per heavy atom. The molecule has 2 amide bonds. The highest BCUT2D eigenvalue weighted by Gasteiger charge is 2.37. The van der Waals surface area contributed by atoms with Gasteiger partial charge in [-0.05, 0) is 36.4 Å². The fourth-order valence-corrected chi connectivity index (χ4v) is 3.79. The summed E-state index contributed by atoms with van der Waals surface area (Å²) in [6.45, 7) is 3.58. The second-order valence-electron chi connectivity index (χ2n) is 7.13. The maximum atomic E-state index is 12.5. The van der Waals surface area contributed by atoms with E-state index in [2.05, 4.69) is 44.4 Å². The Balaban J connectivity index is 1.75. The van der Waals surface area contributed by atoms with Crippen LogP contribution >= 0.6 is 0 Å². The highest BCUT2D eigenvalue weighted by Crippen LogP contribution is 2.23. The van der Waals surface area contributed by atoms with Gasteiger partial charge in [0.1, 0.15) is 0 Å². The maximum Gasteiger partial charge on any atom is 0.237 e. The Labute approximate surface area is 159 Å². The van der Waals surface area contributed by atoms with E-state index in [-0.39, 0.29) is 36.9 Å². The maximum absolute atomic E-state index is 12.5. The molecule has 1 aromatic heterocycles. The zero-order valence-corrected chi connectivity index (χ0v) is 15.9. The minimum atomic E-state index is -0.270. The number of aromatic nitrogens is 1. The summed E-state index contributed by atoms with van der Waals surface area (Å²) in [5, 5.41) is 15.9. The number of likely N-dealkylation sites (tertiary alicyclic amines) is 1. The van der Waals surface area contributed by atoms with Gasteiger partial charge < -0.3 is 20.3 Å². The summed E-state index contributed by atoms with van der Waals surface area (Å²) in [7, 11) is 2.02. The second-order valence-corrected chi connectivity index (χ2v) is 7.13. The number of hydrogen-bond acceptors (Lipinski definition) is 4. The van der Waals surface area contributed by atoms with Crippen molar-refractivity contribution in [2.75, 3.05) is 19.7 Å². The van der Waals surface area contributed by atoms with Crippen molar-refractivity contribution in [3.8, 4) is 0 Å². The molecule has 7 heteroatoms. The third-order valence-corrected chi connectivity index (χ3v) is 5.10. The molecule has 27 heavy (non-hydrogen) atoms. The van der Waals surface area contributed by atoms with Crippen LogP contribution in [0.3, 0.4) is 0 Å². The van der Waals surface area contributed by atoms with E-state index < -0.39 is 0 Å². The van der Waals surface area contributed by atoms with Gasteiger partial charge in [-0.1, -0.05) is 12.1 Å². The predicted molar refractivity (Wildman–Crippen MR) is 104 cm³/mol. The molecule has 2 unspecified atom stereocenters. The van der Waals surface area contributed by atoms with E-state index in [1.807, 2.05) is 20.2 Å². The average Bonchev–Trinajstić information content (AvgIpc) is 3.19. The number of likely N-dealkylation sites (N-methyl/N-ethyl adjacent to an activating group) is 1. The van der Waals surface area contributed by atoms with Crippen LogP contribution in [0.2, 0.25) is 0 Å². The van der Waals surface area contributed by atoms with Crippen LogP contribution < -0.4 is 10.6 Å². The van der Waals surface area contributed by atoms with Crippen LogP contribution in [0.5, 0.6) is 0 Å². The smallest absolute Gasteiger partial charge is 0.237 e. The summed E-state index contributed by atoms with van der Waals surface area (Å²) in [5.74, 6) is -0.180. The van der Waals surface area contributed by atoms with Gasteiger partial charge in [-0.3, -0.25) is 14.5 Å². The lowest BCUT2D eigenvalue weighted by Crippen LogP contribution is -2.42. The topological polar surface area (TPSA) is 86.6 Å². The standard InChI is InChI=1S/C20H28N4O3/c1-3-21-20(27)18-11-16(22-19(26)7-9-25)13-24(18)12-14-4-5-15-6-8-23(2)17(15)10-14/h4-6,8,10,16,18,25H,3,7,9,11-13H2,1-2H3,(H,21,27)(H,22,26). The average molecular weight is 372 g/mol. The van der Waals surface area contributed by atoms with Crippen LogP contribution in [-0.2, 0) is 23.2 Å². The Bertz CT molecular complexity index is 817. The van der Waals surface area contributed by atoms with Crippen molar-refractivity contribution in [2.45, 2.75) is 38.4 Å². The van der Waals surface area contributed by atoms with Crippen molar-refractivity contribution in [1.82, 2.24) is 20.1 Å². The van der Waals surface area contributed by atoms with Crippen molar-refractivity contribution in [2.24, 2.45) is 7.05 Å². The summed E-state index contributed by atoms with van der Waals surface area (Å²) in [4.78, 5) is 26.5. The molecule has 146 valence electrons. The van der Waals surface area contributed by atoms with Crippen LogP contribution in [0.25, 0.3) is 10.9 Å². The molecule has 1 aromatic carbocycles. The number of carbonyl (C=O) groups is 2. The number of carbonyl (C=O) groups excluding carboxylic acids is 2. The van der Waals surface area contributed by atoms with E-state index >= 15 is 0 Å². The van der Waals surface area contributed by atoms with Gasteiger partial charge in [-0.25, -0.2) is 0 Å². The van der Waals surface area contributed by atoms with Crippen LogP contribution in [-0.4, -0.2) is 58.2 Å². The van der Waals surface area contributed by atoms with Gasteiger partial charge in [-0.15, -0.1) is 0 Å². The normalized spacial score (nSPS) is 20.1. The molecule has 0 radical (unpaired) electrons. The molecule has 2 aromatic rings.